The van der Waals surface area contributed by atoms with Gasteiger partial charge in [-0.1, -0.05) is 53.5 Å². The second-order valence-electron chi connectivity index (χ2n) is 7.70. The summed E-state index contributed by atoms with van der Waals surface area (Å²) < 4.78 is 16.5. The highest BCUT2D eigenvalue weighted by molar-refractivity contribution is 6.35. The Bertz CT molecular complexity index is 1460. The summed E-state index contributed by atoms with van der Waals surface area (Å²) in [6.45, 7) is 2.10. The number of ether oxygens (including phenoxy) is 3. The summed E-state index contributed by atoms with van der Waals surface area (Å²) in [4.78, 5) is 25.1. The van der Waals surface area contributed by atoms with Gasteiger partial charge in [-0.2, -0.15) is 5.10 Å². The first-order valence-corrected chi connectivity index (χ1v) is 12.1. The first kappa shape index (κ1) is 26.0. The molecule has 4 aromatic carbocycles. The summed E-state index contributed by atoms with van der Waals surface area (Å²) in [6, 6.07) is 22.5. The van der Waals surface area contributed by atoms with E-state index in [2.05, 4.69) is 10.5 Å². The molecule has 0 aliphatic heterocycles. The molecule has 0 atom stereocenters. The van der Waals surface area contributed by atoms with Gasteiger partial charge >= 0.3 is 5.97 Å². The molecule has 0 aliphatic rings. The van der Waals surface area contributed by atoms with Crippen LogP contribution in [-0.4, -0.2) is 31.3 Å². The van der Waals surface area contributed by atoms with Crippen LogP contribution in [0, 0.1) is 0 Å². The van der Waals surface area contributed by atoms with E-state index >= 15 is 0 Å². The number of amides is 1. The van der Waals surface area contributed by atoms with Crippen molar-refractivity contribution >= 4 is 52.1 Å². The predicted molar refractivity (Wildman–Crippen MR) is 144 cm³/mol. The zero-order valence-electron chi connectivity index (χ0n) is 19.7. The zero-order valence-corrected chi connectivity index (χ0v) is 21.3. The van der Waals surface area contributed by atoms with Crippen LogP contribution in [0.5, 0.6) is 17.2 Å². The van der Waals surface area contributed by atoms with Crippen LogP contribution < -0.4 is 19.6 Å². The van der Waals surface area contributed by atoms with Gasteiger partial charge in [0.1, 0.15) is 17.2 Å². The fourth-order valence-corrected chi connectivity index (χ4v) is 3.91. The number of fused-ring (bicyclic) bond motifs is 1. The lowest BCUT2D eigenvalue weighted by molar-refractivity contribution is -0.123. The molecule has 0 aliphatic carbocycles. The molecular formula is C28H22Cl2N2O5. The molecule has 188 valence electrons. The molecule has 37 heavy (non-hydrogen) atoms. The van der Waals surface area contributed by atoms with E-state index in [1.807, 2.05) is 37.3 Å². The highest BCUT2D eigenvalue weighted by Gasteiger charge is 2.14. The van der Waals surface area contributed by atoms with Gasteiger partial charge in [-0.25, -0.2) is 10.2 Å². The van der Waals surface area contributed by atoms with Crippen LogP contribution in [0.4, 0.5) is 0 Å². The molecule has 4 rings (SSSR count). The molecular weight excluding hydrogens is 515 g/mol. The molecule has 0 fully saturated rings. The van der Waals surface area contributed by atoms with Crippen molar-refractivity contribution in [3.8, 4) is 17.2 Å². The van der Waals surface area contributed by atoms with Gasteiger partial charge in [0.05, 0.1) is 23.4 Å². The average Bonchev–Trinajstić information content (AvgIpc) is 2.89. The van der Waals surface area contributed by atoms with Crippen LogP contribution in [0.15, 0.2) is 84.0 Å². The Morgan fingerprint density at radius 2 is 1.68 bits per heavy atom. The van der Waals surface area contributed by atoms with Crippen molar-refractivity contribution in [1.29, 1.82) is 0 Å². The second-order valence-corrected chi connectivity index (χ2v) is 8.55. The quantitative estimate of drug-likeness (QED) is 0.117. The van der Waals surface area contributed by atoms with Gasteiger partial charge in [0.25, 0.3) is 5.91 Å². The molecule has 0 radical (unpaired) electrons. The number of halogens is 2. The lowest BCUT2D eigenvalue weighted by atomic mass is 10.0. The van der Waals surface area contributed by atoms with Gasteiger partial charge in [-0.3, -0.25) is 4.79 Å². The van der Waals surface area contributed by atoms with Crippen LogP contribution in [0.25, 0.3) is 10.8 Å². The summed E-state index contributed by atoms with van der Waals surface area (Å²) in [5.41, 5.74) is 3.30. The minimum Gasteiger partial charge on any atom is -0.494 e. The molecule has 7 nitrogen and oxygen atoms in total. The summed E-state index contributed by atoms with van der Waals surface area (Å²) in [5, 5.41) is 6.50. The van der Waals surface area contributed by atoms with E-state index in [9.17, 15) is 9.59 Å². The molecule has 9 heteroatoms. The van der Waals surface area contributed by atoms with Crippen LogP contribution >= 0.6 is 23.2 Å². The molecule has 0 heterocycles. The number of carbonyl (C=O) groups excluding carboxylic acids is 2. The summed E-state index contributed by atoms with van der Waals surface area (Å²) in [6.07, 6.45) is 1.43. The Hall–Kier alpha value is -4.07. The van der Waals surface area contributed by atoms with E-state index in [1.54, 1.807) is 42.5 Å². The monoisotopic (exact) mass is 536 g/mol. The van der Waals surface area contributed by atoms with E-state index in [-0.39, 0.29) is 6.61 Å². The molecule has 0 saturated carbocycles. The van der Waals surface area contributed by atoms with Crippen molar-refractivity contribution in [2.75, 3.05) is 13.2 Å². The largest absolute Gasteiger partial charge is 0.494 e. The lowest BCUT2D eigenvalue weighted by Gasteiger charge is -2.11. The predicted octanol–water partition coefficient (Wildman–Crippen LogP) is 6.29. The maximum absolute atomic E-state index is 12.8. The minimum absolute atomic E-state index is 0.290. The molecule has 1 N–H and O–H groups in total. The van der Waals surface area contributed by atoms with Crippen LogP contribution in [-0.2, 0) is 4.79 Å². The van der Waals surface area contributed by atoms with Gasteiger partial charge in [0.15, 0.2) is 6.61 Å². The van der Waals surface area contributed by atoms with E-state index in [1.165, 1.54) is 12.3 Å². The van der Waals surface area contributed by atoms with Gasteiger partial charge in [0, 0.05) is 10.6 Å². The summed E-state index contributed by atoms with van der Waals surface area (Å²) in [7, 11) is 0. The highest BCUT2D eigenvalue weighted by Crippen LogP contribution is 2.28. The fraction of sp³-hybridized carbons (Fsp3) is 0.107. The van der Waals surface area contributed by atoms with Gasteiger partial charge in [0.2, 0.25) is 0 Å². The van der Waals surface area contributed by atoms with Gasteiger partial charge < -0.3 is 14.2 Å². The summed E-state index contributed by atoms with van der Waals surface area (Å²) >= 11 is 11.9. The normalized spacial score (nSPS) is 10.9. The van der Waals surface area contributed by atoms with Crippen molar-refractivity contribution in [2.45, 2.75) is 6.92 Å². The smallest absolute Gasteiger partial charge is 0.343 e. The Morgan fingerprint density at radius 3 is 2.43 bits per heavy atom. The average molecular weight is 537 g/mol. The maximum atomic E-state index is 12.8. The zero-order chi connectivity index (χ0) is 26.2. The summed E-state index contributed by atoms with van der Waals surface area (Å²) in [5.74, 6) is 0.235. The van der Waals surface area contributed by atoms with Crippen LogP contribution in [0.1, 0.15) is 22.8 Å². The van der Waals surface area contributed by atoms with Crippen molar-refractivity contribution in [1.82, 2.24) is 5.43 Å². The number of hydrogen-bond acceptors (Lipinski definition) is 6. The molecule has 0 aromatic heterocycles. The third-order valence-corrected chi connectivity index (χ3v) is 5.70. The Labute approximate surface area is 223 Å². The lowest BCUT2D eigenvalue weighted by Crippen LogP contribution is -2.24. The SMILES string of the molecule is CCOc1ccc(C(=O)Oc2ccc3ccccc3c2/C=N\NC(=O)COc2ccc(Cl)cc2Cl)cc1. The number of nitrogens with zero attached hydrogens (tertiary/aromatic N) is 1. The molecule has 0 spiro atoms. The third-order valence-electron chi connectivity index (χ3n) is 5.17. The number of carbonyl (C=O) groups is 2. The number of rotatable bonds is 9. The molecule has 0 unspecified atom stereocenters. The third kappa shape index (κ3) is 6.78. The Balaban J connectivity index is 1.49. The van der Waals surface area contributed by atoms with Gasteiger partial charge in [-0.05, 0) is 66.2 Å². The Morgan fingerprint density at radius 1 is 0.919 bits per heavy atom. The number of hydrogen-bond donors (Lipinski definition) is 1. The minimum atomic E-state index is -0.537. The van der Waals surface area contributed by atoms with Crippen LogP contribution in [0.2, 0.25) is 10.0 Å². The van der Waals surface area contributed by atoms with E-state index in [4.69, 9.17) is 37.4 Å². The van der Waals surface area contributed by atoms with E-state index in [0.29, 0.717) is 45.0 Å². The fourth-order valence-electron chi connectivity index (χ4n) is 3.45. The molecule has 4 aromatic rings. The van der Waals surface area contributed by atoms with Gasteiger partial charge in [-0.15, -0.1) is 0 Å². The molecule has 0 bridgehead atoms. The van der Waals surface area contributed by atoms with E-state index < -0.39 is 11.9 Å². The standard InChI is InChI=1S/C28H22Cl2N2O5/c1-2-35-21-11-7-19(8-12-21)28(34)37-25-13-9-18-5-3-4-6-22(18)23(25)16-31-32-27(33)17-36-26-14-10-20(29)15-24(26)30/h3-16H,2,17H2,1H3,(H,32,33)/b31-16-. The number of benzene rings is 4. The molecule has 1 amide bonds. The second kappa shape index (κ2) is 12.3. The highest BCUT2D eigenvalue weighted by atomic mass is 35.5. The molecule has 0 saturated heterocycles. The first-order valence-electron chi connectivity index (χ1n) is 11.3. The van der Waals surface area contributed by atoms with Crippen molar-refractivity contribution in [3.05, 3.63) is 100 Å². The number of esters is 1. The van der Waals surface area contributed by atoms with Crippen molar-refractivity contribution in [2.24, 2.45) is 5.10 Å². The number of nitrogens with one attached hydrogen (secondary N) is 1. The number of hydrazone groups is 1. The van der Waals surface area contributed by atoms with E-state index in [0.717, 1.165) is 10.8 Å². The van der Waals surface area contributed by atoms with Crippen molar-refractivity contribution < 1.29 is 23.8 Å². The maximum Gasteiger partial charge on any atom is 0.343 e. The first-order chi connectivity index (χ1) is 17.9. The van der Waals surface area contributed by atoms with Crippen molar-refractivity contribution in [3.63, 3.8) is 0 Å². The van der Waals surface area contributed by atoms with Crippen LogP contribution in [0.3, 0.4) is 0 Å². The Kier molecular flexibility index (Phi) is 8.61. The topological polar surface area (TPSA) is 86.2 Å².